The fraction of sp³-hybridized carbons (Fsp3) is 0.615. The molecule has 1 amide bonds. The number of carbonyl (C=O) groups excluding carboxylic acids is 1. The summed E-state index contributed by atoms with van der Waals surface area (Å²) in [7, 11) is 1.91. The first kappa shape index (κ1) is 12.6. The molecule has 3 nitrogen and oxygen atoms in total. The number of hydrogen-bond donors (Lipinski definition) is 1. The fourth-order valence-corrected chi connectivity index (χ4v) is 3.05. The molecule has 1 N–H and O–H groups in total. The molecule has 2 heterocycles. The second kappa shape index (κ2) is 5.65. The highest BCUT2D eigenvalue weighted by atomic mass is 32.1. The molecule has 1 fully saturated rings. The van der Waals surface area contributed by atoms with Crippen molar-refractivity contribution in [3.8, 4) is 0 Å². The van der Waals surface area contributed by atoms with Gasteiger partial charge < -0.3 is 10.2 Å². The van der Waals surface area contributed by atoms with E-state index in [2.05, 4.69) is 23.7 Å². The van der Waals surface area contributed by atoms with Crippen LogP contribution in [0, 0.1) is 0 Å². The van der Waals surface area contributed by atoms with Crippen LogP contribution in [-0.4, -0.2) is 30.4 Å². The summed E-state index contributed by atoms with van der Waals surface area (Å²) in [6, 6.07) is 4.32. The molecular weight excluding hydrogens is 232 g/mol. The topological polar surface area (TPSA) is 32.3 Å². The van der Waals surface area contributed by atoms with Crippen LogP contribution in [0.15, 0.2) is 17.5 Å². The lowest BCUT2D eigenvalue weighted by molar-refractivity contribution is -0.134. The summed E-state index contributed by atoms with van der Waals surface area (Å²) in [6.45, 7) is 3.06. The monoisotopic (exact) mass is 252 g/mol. The first-order valence-electron chi connectivity index (χ1n) is 6.23. The molecule has 2 atom stereocenters. The zero-order valence-corrected chi connectivity index (χ0v) is 11.3. The first-order chi connectivity index (χ1) is 8.20. The molecule has 0 radical (unpaired) electrons. The second-order valence-corrected chi connectivity index (χ2v) is 5.62. The Bertz CT molecular complexity index is 358. The van der Waals surface area contributed by atoms with Crippen LogP contribution in [0.2, 0.25) is 0 Å². The lowest BCUT2D eigenvalue weighted by Gasteiger charge is -2.30. The van der Waals surface area contributed by atoms with Crippen LogP contribution in [0.25, 0.3) is 0 Å². The van der Waals surface area contributed by atoms with Gasteiger partial charge in [-0.3, -0.25) is 4.79 Å². The Morgan fingerprint density at radius 2 is 2.41 bits per heavy atom. The minimum Gasteiger partial charge on any atom is -0.337 e. The van der Waals surface area contributed by atoms with E-state index in [1.165, 1.54) is 11.3 Å². The van der Waals surface area contributed by atoms with E-state index < -0.39 is 0 Å². The summed E-state index contributed by atoms with van der Waals surface area (Å²) >= 11 is 1.71. The predicted molar refractivity (Wildman–Crippen MR) is 71.1 cm³/mol. The molecule has 1 saturated heterocycles. The zero-order chi connectivity index (χ0) is 12.3. The van der Waals surface area contributed by atoms with Crippen LogP contribution < -0.4 is 5.32 Å². The molecule has 0 aromatic carbocycles. The number of nitrogens with zero attached hydrogens (tertiary/aromatic N) is 1. The van der Waals surface area contributed by atoms with Crippen molar-refractivity contribution in [3.05, 3.63) is 22.4 Å². The molecule has 0 bridgehead atoms. The van der Waals surface area contributed by atoms with E-state index in [4.69, 9.17) is 0 Å². The van der Waals surface area contributed by atoms with Gasteiger partial charge in [-0.2, -0.15) is 0 Å². The minimum absolute atomic E-state index is 0.0242. The fourth-order valence-electron chi connectivity index (χ4n) is 2.22. The molecule has 1 aromatic heterocycles. The van der Waals surface area contributed by atoms with Crippen molar-refractivity contribution in [3.63, 3.8) is 0 Å². The number of likely N-dealkylation sites (N-methyl/N-ethyl adjacent to an activating group) is 1. The minimum atomic E-state index is 0.0242. The van der Waals surface area contributed by atoms with Crippen molar-refractivity contribution in [1.82, 2.24) is 10.2 Å². The number of amides is 1. The van der Waals surface area contributed by atoms with Gasteiger partial charge in [-0.25, -0.2) is 0 Å². The van der Waals surface area contributed by atoms with Gasteiger partial charge in [0.15, 0.2) is 0 Å². The van der Waals surface area contributed by atoms with E-state index in [-0.39, 0.29) is 18.0 Å². The standard InChI is InChI=1S/C13H20N2OS/c1-10(12-7-5-9-17-12)15(2)13(16)11-6-3-4-8-14-11/h5,7,9-11,14H,3-4,6,8H2,1-2H3/t10?,11-/m0/s1. The highest BCUT2D eigenvalue weighted by molar-refractivity contribution is 7.10. The smallest absolute Gasteiger partial charge is 0.239 e. The molecule has 0 aliphatic carbocycles. The largest absolute Gasteiger partial charge is 0.337 e. The van der Waals surface area contributed by atoms with E-state index in [9.17, 15) is 4.79 Å². The van der Waals surface area contributed by atoms with Crippen LogP contribution in [0.1, 0.15) is 37.1 Å². The Labute approximate surface area is 107 Å². The van der Waals surface area contributed by atoms with E-state index >= 15 is 0 Å². The van der Waals surface area contributed by atoms with Crippen molar-refractivity contribution >= 4 is 17.2 Å². The second-order valence-electron chi connectivity index (χ2n) is 4.64. The van der Waals surface area contributed by atoms with E-state index in [0.717, 1.165) is 19.4 Å². The molecule has 4 heteroatoms. The van der Waals surface area contributed by atoms with Gasteiger partial charge in [0.1, 0.15) is 0 Å². The van der Waals surface area contributed by atoms with E-state index in [0.29, 0.717) is 0 Å². The van der Waals surface area contributed by atoms with Crippen LogP contribution in [0.3, 0.4) is 0 Å². The SMILES string of the molecule is CC(c1cccs1)N(C)C(=O)[C@@H]1CCCCN1. The maximum Gasteiger partial charge on any atom is 0.239 e. The summed E-state index contributed by atoms with van der Waals surface area (Å²) in [6.07, 6.45) is 3.32. The molecule has 1 aliphatic heterocycles. The molecule has 0 saturated carbocycles. The summed E-state index contributed by atoms with van der Waals surface area (Å²) in [5.41, 5.74) is 0. The average Bonchev–Trinajstić information content (AvgIpc) is 2.91. The van der Waals surface area contributed by atoms with Gasteiger partial charge in [0.25, 0.3) is 0 Å². The lowest BCUT2D eigenvalue weighted by atomic mass is 10.0. The maximum absolute atomic E-state index is 12.3. The number of rotatable bonds is 3. The predicted octanol–water partition coefficient (Wildman–Crippen LogP) is 2.41. The van der Waals surface area contributed by atoms with E-state index in [1.807, 2.05) is 18.0 Å². The summed E-state index contributed by atoms with van der Waals surface area (Å²) < 4.78 is 0. The van der Waals surface area contributed by atoms with Crippen LogP contribution in [0.5, 0.6) is 0 Å². The van der Waals surface area contributed by atoms with Crippen LogP contribution in [0.4, 0.5) is 0 Å². The Kier molecular flexibility index (Phi) is 4.18. The molecule has 2 rings (SSSR count). The number of carbonyl (C=O) groups is 1. The molecule has 17 heavy (non-hydrogen) atoms. The Morgan fingerprint density at radius 3 is 3.00 bits per heavy atom. The highest BCUT2D eigenvalue weighted by Gasteiger charge is 2.26. The van der Waals surface area contributed by atoms with Gasteiger partial charge in [-0.15, -0.1) is 11.3 Å². The molecule has 1 aromatic rings. The lowest BCUT2D eigenvalue weighted by Crippen LogP contribution is -2.47. The molecular formula is C13H20N2OS. The van der Waals surface area contributed by atoms with Gasteiger partial charge in [0.2, 0.25) is 5.91 Å². The van der Waals surface area contributed by atoms with Crippen molar-refractivity contribution < 1.29 is 4.79 Å². The van der Waals surface area contributed by atoms with Crippen molar-refractivity contribution in [2.75, 3.05) is 13.6 Å². The number of hydrogen-bond acceptors (Lipinski definition) is 3. The van der Waals surface area contributed by atoms with Gasteiger partial charge >= 0.3 is 0 Å². The Hall–Kier alpha value is -0.870. The highest BCUT2D eigenvalue weighted by Crippen LogP contribution is 2.24. The normalized spacial score (nSPS) is 22.1. The molecule has 0 spiro atoms. The molecule has 1 aliphatic rings. The molecule has 1 unspecified atom stereocenters. The summed E-state index contributed by atoms with van der Waals surface area (Å²) in [5, 5.41) is 5.37. The van der Waals surface area contributed by atoms with Crippen molar-refractivity contribution in [2.45, 2.75) is 38.3 Å². The van der Waals surface area contributed by atoms with E-state index in [1.54, 1.807) is 11.3 Å². The summed E-state index contributed by atoms with van der Waals surface area (Å²) in [5.74, 6) is 0.227. The number of piperidine rings is 1. The average molecular weight is 252 g/mol. The zero-order valence-electron chi connectivity index (χ0n) is 10.5. The van der Waals surface area contributed by atoms with Crippen LogP contribution >= 0.6 is 11.3 Å². The van der Waals surface area contributed by atoms with Gasteiger partial charge in [-0.1, -0.05) is 12.5 Å². The molecule has 94 valence electrons. The van der Waals surface area contributed by atoms with Crippen molar-refractivity contribution in [2.24, 2.45) is 0 Å². The third kappa shape index (κ3) is 2.87. The maximum atomic E-state index is 12.3. The summed E-state index contributed by atoms with van der Waals surface area (Å²) in [4.78, 5) is 15.4. The van der Waals surface area contributed by atoms with Crippen LogP contribution in [-0.2, 0) is 4.79 Å². The number of nitrogens with one attached hydrogen (secondary N) is 1. The van der Waals surface area contributed by atoms with Gasteiger partial charge in [0.05, 0.1) is 12.1 Å². The first-order valence-corrected chi connectivity index (χ1v) is 7.11. The Morgan fingerprint density at radius 1 is 1.59 bits per heavy atom. The quantitative estimate of drug-likeness (QED) is 0.896. The third-order valence-corrected chi connectivity index (χ3v) is 4.53. The third-order valence-electron chi connectivity index (χ3n) is 3.49. The Balaban J connectivity index is 1.98. The number of thiophene rings is 1. The van der Waals surface area contributed by atoms with Gasteiger partial charge in [-0.05, 0) is 37.8 Å². The van der Waals surface area contributed by atoms with Gasteiger partial charge in [0, 0.05) is 11.9 Å². The van der Waals surface area contributed by atoms with Crippen molar-refractivity contribution in [1.29, 1.82) is 0 Å².